The predicted octanol–water partition coefficient (Wildman–Crippen LogP) is 0.0767. The standard InChI is InChI=1S/C7H9N3O3/c1-4(11)8-5-3-10(2)9-6(5)7(12)13/h3H,1-2H3,(H,8,11)(H,12,13). The first-order valence-corrected chi connectivity index (χ1v) is 3.55. The number of nitrogens with one attached hydrogen (secondary N) is 1. The zero-order valence-electron chi connectivity index (χ0n) is 7.24. The quantitative estimate of drug-likeness (QED) is 0.679. The molecule has 0 aromatic carbocycles. The molecule has 0 spiro atoms. The third-order valence-corrected chi connectivity index (χ3v) is 1.34. The minimum atomic E-state index is -1.16. The molecule has 0 atom stereocenters. The molecule has 0 radical (unpaired) electrons. The molecule has 0 aliphatic carbocycles. The van der Waals surface area contributed by atoms with E-state index >= 15 is 0 Å². The molecule has 6 heteroatoms. The Labute approximate surface area is 74.2 Å². The van der Waals surface area contributed by atoms with Gasteiger partial charge in [-0.2, -0.15) is 5.10 Å². The number of hydrogen-bond donors (Lipinski definition) is 2. The number of aromatic nitrogens is 2. The van der Waals surface area contributed by atoms with Crippen molar-refractivity contribution < 1.29 is 14.7 Å². The molecule has 0 aliphatic rings. The van der Waals surface area contributed by atoms with Crippen molar-refractivity contribution >= 4 is 17.6 Å². The monoisotopic (exact) mass is 183 g/mol. The highest BCUT2D eigenvalue weighted by atomic mass is 16.4. The molecule has 1 aromatic heterocycles. The van der Waals surface area contributed by atoms with Crippen LogP contribution >= 0.6 is 0 Å². The summed E-state index contributed by atoms with van der Waals surface area (Å²) in [5.41, 5.74) is 0.0557. The Hall–Kier alpha value is -1.85. The normalized spacial score (nSPS) is 9.69. The lowest BCUT2D eigenvalue weighted by Crippen LogP contribution is -2.09. The number of aryl methyl sites for hydroxylation is 1. The maximum Gasteiger partial charge on any atom is 0.358 e. The molecule has 0 saturated heterocycles. The summed E-state index contributed by atoms with van der Waals surface area (Å²) in [5.74, 6) is -1.49. The van der Waals surface area contributed by atoms with Gasteiger partial charge in [-0.25, -0.2) is 4.79 Å². The summed E-state index contributed by atoms with van der Waals surface area (Å²) in [4.78, 5) is 21.2. The molecule has 2 N–H and O–H groups in total. The van der Waals surface area contributed by atoms with Gasteiger partial charge in [0.1, 0.15) is 0 Å². The fourth-order valence-corrected chi connectivity index (χ4v) is 0.928. The zero-order valence-corrected chi connectivity index (χ0v) is 7.24. The van der Waals surface area contributed by atoms with E-state index < -0.39 is 5.97 Å². The van der Waals surface area contributed by atoms with Crippen LogP contribution < -0.4 is 5.32 Å². The first-order chi connectivity index (χ1) is 6.00. The number of hydrogen-bond acceptors (Lipinski definition) is 3. The molecule has 1 amide bonds. The molecule has 1 aromatic rings. The van der Waals surface area contributed by atoms with Gasteiger partial charge >= 0.3 is 5.97 Å². The molecule has 1 rings (SSSR count). The van der Waals surface area contributed by atoms with E-state index in [4.69, 9.17) is 5.11 Å². The number of amides is 1. The number of carboxylic acids is 1. The third-order valence-electron chi connectivity index (χ3n) is 1.34. The molecule has 0 bridgehead atoms. The fraction of sp³-hybridized carbons (Fsp3) is 0.286. The second-order valence-electron chi connectivity index (χ2n) is 2.55. The minimum absolute atomic E-state index is 0.155. The fourth-order valence-electron chi connectivity index (χ4n) is 0.928. The van der Waals surface area contributed by atoms with Gasteiger partial charge in [-0.1, -0.05) is 0 Å². The average molecular weight is 183 g/mol. The van der Waals surface area contributed by atoms with Gasteiger partial charge in [-0.05, 0) is 0 Å². The van der Waals surface area contributed by atoms with Crippen molar-refractivity contribution in [3.63, 3.8) is 0 Å². The first kappa shape index (κ1) is 9.24. The van der Waals surface area contributed by atoms with Crippen LogP contribution in [0.2, 0.25) is 0 Å². The SMILES string of the molecule is CC(=O)Nc1cn(C)nc1C(=O)O. The molecular weight excluding hydrogens is 174 g/mol. The van der Waals surface area contributed by atoms with E-state index in [1.165, 1.54) is 17.8 Å². The molecule has 13 heavy (non-hydrogen) atoms. The van der Waals surface area contributed by atoms with Crippen molar-refractivity contribution in [2.45, 2.75) is 6.92 Å². The van der Waals surface area contributed by atoms with Crippen molar-refractivity contribution in [2.24, 2.45) is 7.05 Å². The molecule has 0 aliphatic heterocycles. The van der Waals surface area contributed by atoms with Crippen LogP contribution in [0.4, 0.5) is 5.69 Å². The van der Waals surface area contributed by atoms with E-state index in [-0.39, 0.29) is 17.3 Å². The summed E-state index contributed by atoms with van der Waals surface area (Å²) in [7, 11) is 1.58. The molecule has 6 nitrogen and oxygen atoms in total. The minimum Gasteiger partial charge on any atom is -0.476 e. The summed E-state index contributed by atoms with van der Waals surface area (Å²) >= 11 is 0. The third kappa shape index (κ3) is 2.05. The van der Waals surface area contributed by atoms with Gasteiger partial charge in [-0.3, -0.25) is 9.48 Å². The van der Waals surface area contributed by atoms with Crippen LogP contribution in [0.1, 0.15) is 17.4 Å². The topological polar surface area (TPSA) is 84.2 Å². The van der Waals surface area contributed by atoms with E-state index in [0.29, 0.717) is 0 Å². The largest absolute Gasteiger partial charge is 0.476 e. The van der Waals surface area contributed by atoms with Crippen LogP contribution in [-0.2, 0) is 11.8 Å². The van der Waals surface area contributed by atoms with Gasteiger partial charge in [0.15, 0.2) is 5.69 Å². The van der Waals surface area contributed by atoms with Gasteiger partial charge in [0.25, 0.3) is 0 Å². The summed E-state index contributed by atoms with van der Waals surface area (Å²) in [6.07, 6.45) is 1.44. The summed E-state index contributed by atoms with van der Waals surface area (Å²) in [6, 6.07) is 0. The summed E-state index contributed by atoms with van der Waals surface area (Å²) < 4.78 is 1.33. The Morgan fingerprint density at radius 1 is 1.62 bits per heavy atom. The Morgan fingerprint density at radius 2 is 2.23 bits per heavy atom. The van der Waals surface area contributed by atoms with Crippen LogP contribution in [-0.4, -0.2) is 26.8 Å². The maximum absolute atomic E-state index is 10.7. The smallest absolute Gasteiger partial charge is 0.358 e. The molecule has 1 heterocycles. The second-order valence-corrected chi connectivity index (χ2v) is 2.55. The van der Waals surface area contributed by atoms with E-state index in [0.717, 1.165) is 0 Å². The van der Waals surface area contributed by atoms with Crippen LogP contribution in [0.25, 0.3) is 0 Å². The van der Waals surface area contributed by atoms with E-state index in [2.05, 4.69) is 10.4 Å². The van der Waals surface area contributed by atoms with Crippen molar-refractivity contribution in [3.05, 3.63) is 11.9 Å². The lowest BCUT2D eigenvalue weighted by Gasteiger charge is -1.96. The van der Waals surface area contributed by atoms with Crippen LogP contribution in [0.5, 0.6) is 0 Å². The second kappa shape index (κ2) is 3.26. The lowest BCUT2D eigenvalue weighted by atomic mass is 10.3. The Bertz CT molecular complexity index is 356. The number of carbonyl (C=O) groups excluding carboxylic acids is 1. The highest BCUT2D eigenvalue weighted by molar-refractivity contribution is 5.98. The van der Waals surface area contributed by atoms with Crippen molar-refractivity contribution in [1.82, 2.24) is 9.78 Å². The predicted molar refractivity (Wildman–Crippen MR) is 44.5 cm³/mol. The Balaban J connectivity index is 3.04. The number of carbonyl (C=O) groups is 2. The van der Waals surface area contributed by atoms with Gasteiger partial charge < -0.3 is 10.4 Å². The number of carboxylic acid groups (broad SMARTS) is 1. The molecule has 70 valence electrons. The van der Waals surface area contributed by atoms with Gasteiger partial charge in [0.2, 0.25) is 5.91 Å². The van der Waals surface area contributed by atoms with Crippen LogP contribution in [0.15, 0.2) is 6.20 Å². The van der Waals surface area contributed by atoms with Crippen molar-refractivity contribution in [1.29, 1.82) is 0 Å². The zero-order chi connectivity index (χ0) is 10.0. The Morgan fingerprint density at radius 3 is 2.69 bits per heavy atom. The van der Waals surface area contributed by atoms with Crippen molar-refractivity contribution in [3.8, 4) is 0 Å². The van der Waals surface area contributed by atoms with Crippen molar-refractivity contribution in [2.75, 3.05) is 5.32 Å². The van der Waals surface area contributed by atoms with Crippen LogP contribution in [0.3, 0.4) is 0 Å². The van der Waals surface area contributed by atoms with Gasteiger partial charge in [0.05, 0.1) is 5.69 Å². The van der Waals surface area contributed by atoms with E-state index in [1.807, 2.05) is 0 Å². The average Bonchev–Trinajstić information content (AvgIpc) is 2.29. The molecule has 0 unspecified atom stereocenters. The number of nitrogens with zero attached hydrogens (tertiary/aromatic N) is 2. The summed E-state index contributed by atoms with van der Waals surface area (Å²) in [5, 5.41) is 14.7. The first-order valence-electron chi connectivity index (χ1n) is 3.55. The molecule has 0 fully saturated rings. The number of aromatic carboxylic acids is 1. The highest BCUT2D eigenvalue weighted by Gasteiger charge is 2.15. The summed E-state index contributed by atoms with van der Waals surface area (Å²) in [6.45, 7) is 1.30. The van der Waals surface area contributed by atoms with Gasteiger partial charge in [-0.15, -0.1) is 0 Å². The van der Waals surface area contributed by atoms with E-state index in [9.17, 15) is 9.59 Å². The maximum atomic E-state index is 10.7. The van der Waals surface area contributed by atoms with E-state index in [1.54, 1.807) is 7.05 Å². The Kier molecular flexibility index (Phi) is 2.32. The van der Waals surface area contributed by atoms with Crippen LogP contribution in [0, 0.1) is 0 Å². The van der Waals surface area contributed by atoms with Gasteiger partial charge in [0, 0.05) is 20.2 Å². The highest BCUT2D eigenvalue weighted by Crippen LogP contribution is 2.12. The lowest BCUT2D eigenvalue weighted by molar-refractivity contribution is -0.114. The number of rotatable bonds is 2. The number of anilines is 1. The molecular formula is C7H9N3O3. The molecule has 0 saturated carbocycles.